The molecule has 1 N–H and O–H groups in total. The van der Waals surface area contributed by atoms with Crippen LogP contribution in [0.4, 0.5) is 0 Å². The van der Waals surface area contributed by atoms with Crippen molar-refractivity contribution in [2.24, 2.45) is 5.92 Å². The molecule has 1 saturated heterocycles. The van der Waals surface area contributed by atoms with Crippen molar-refractivity contribution < 1.29 is 9.84 Å². The van der Waals surface area contributed by atoms with Gasteiger partial charge in [-0.25, -0.2) is 0 Å². The highest BCUT2D eigenvalue weighted by atomic mass is 16.5. The van der Waals surface area contributed by atoms with E-state index in [0.29, 0.717) is 18.1 Å². The lowest BCUT2D eigenvalue weighted by atomic mass is 9.88. The number of nitrogens with zero attached hydrogens (tertiary/aromatic N) is 1. The zero-order valence-corrected chi connectivity index (χ0v) is 10.6. The van der Waals surface area contributed by atoms with Crippen molar-refractivity contribution in [3.05, 3.63) is 0 Å². The van der Waals surface area contributed by atoms with Gasteiger partial charge in [-0.1, -0.05) is 6.92 Å². The summed E-state index contributed by atoms with van der Waals surface area (Å²) >= 11 is 0. The molecule has 4 atom stereocenters. The van der Waals surface area contributed by atoms with Gasteiger partial charge in [0.05, 0.1) is 12.2 Å². The maximum absolute atomic E-state index is 9.73. The Kier molecular flexibility index (Phi) is 4.22. The van der Waals surface area contributed by atoms with Gasteiger partial charge in [0.25, 0.3) is 0 Å². The van der Waals surface area contributed by atoms with Gasteiger partial charge >= 0.3 is 0 Å². The van der Waals surface area contributed by atoms with E-state index in [9.17, 15) is 5.11 Å². The van der Waals surface area contributed by atoms with E-state index in [1.165, 1.54) is 25.8 Å². The van der Waals surface area contributed by atoms with E-state index in [1.807, 2.05) is 7.11 Å². The molecule has 1 heterocycles. The maximum atomic E-state index is 9.73. The van der Waals surface area contributed by atoms with Crippen molar-refractivity contribution in [3.8, 4) is 0 Å². The van der Waals surface area contributed by atoms with Crippen molar-refractivity contribution in [1.82, 2.24) is 4.90 Å². The molecule has 0 radical (unpaired) electrons. The monoisotopic (exact) mass is 227 g/mol. The Bertz CT molecular complexity index is 222. The fraction of sp³-hybridized carbons (Fsp3) is 1.00. The summed E-state index contributed by atoms with van der Waals surface area (Å²) < 4.78 is 5.55. The van der Waals surface area contributed by atoms with E-state index in [4.69, 9.17) is 4.74 Å². The number of ether oxygens (including phenoxy) is 1. The van der Waals surface area contributed by atoms with Crippen LogP contribution < -0.4 is 0 Å². The zero-order chi connectivity index (χ0) is 11.5. The fourth-order valence-electron chi connectivity index (χ4n) is 3.17. The van der Waals surface area contributed by atoms with E-state index in [1.54, 1.807) is 0 Å². The summed E-state index contributed by atoms with van der Waals surface area (Å²) in [5.41, 5.74) is 0. The lowest BCUT2D eigenvalue weighted by Gasteiger charge is -2.42. The Balaban J connectivity index is 1.89. The van der Waals surface area contributed by atoms with E-state index in [2.05, 4.69) is 11.8 Å². The number of rotatable bonds is 2. The average Bonchev–Trinajstić information content (AvgIpc) is 2.29. The third kappa shape index (κ3) is 2.76. The molecule has 1 aliphatic heterocycles. The third-order valence-electron chi connectivity index (χ3n) is 4.36. The normalized spacial score (nSPS) is 42.2. The van der Waals surface area contributed by atoms with Crippen molar-refractivity contribution in [3.63, 3.8) is 0 Å². The predicted octanol–water partition coefficient (Wildman–Crippen LogP) is 1.65. The molecule has 2 fully saturated rings. The molecule has 0 aromatic heterocycles. The summed E-state index contributed by atoms with van der Waals surface area (Å²) in [6.07, 6.45) is 5.92. The van der Waals surface area contributed by atoms with Crippen LogP contribution in [0.15, 0.2) is 0 Å². The first kappa shape index (κ1) is 12.3. The Hall–Kier alpha value is -0.120. The number of piperidine rings is 1. The van der Waals surface area contributed by atoms with Crippen molar-refractivity contribution in [2.45, 2.75) is 57.3 Å². The second kappa shape index (κ2) is 5.48. The van der Waals surface area contributed by atoms with Crippen LogP contribution in [0.3, 0.4) is 0 Å². The summed E-state index contributed by atoms with van der Waals surface area (Å²) in [7, 11) is 1.82. The second-order valence-electron chi connectivity index (χ2n) is 5.51. The number of methoxy groups -OCH3 is 1. The molecule has 2 aliphatic rings. The van der Waals surface area contributed by atoms with Crippen LogP contribution >= 0.6 is 0 Å². The van der Waals surface area contributed by atoms with E-state index >= 15 is 0 Å². The Morgan fingerprint density at radius 3 is 2.75 bits per heavy atom. The van der Waals surface area contributed by atoms with Gasteiger partial charge in [0.1, 0.15) is 0 Å². The molecule has 0 aromatic carbocycles. The number of likely N-dealkylation sites (tertiary alicyclic amines) is 1. The van der Waals surface area contributed by atoms with Crippen LogP contribution in [0.1, 0.15) is 39.0 Å². The summed E-state index contributed by atoms with van der Waals surface area (Å²) in [4.78, 5) is 2.54. The minimum Gasteiger partial charge on any atom is -0.393 e. The van der Waals surface area contributed by atoms with Crippen molar-refractivity contribution >= 4 is 0 Å². The van der Waals surface area contributed by atoms with Crippen LogP contribution in [-0.4, -0.2) is 48.5 Å². The van der Waals surface area contributed by atoms with Gasteiger partial charge in [-0.05, 0) is 44.6 Å². The highest BCUT2D eigenvalue weighted by Crippen LogP contribution is 2.28. The molecule has 94 valence electrons. The van der Waals surface area contributed by atoms with Crippen LogP contribution in [0.2, 0.25) is 0 Å². The molecular weight excluding hydrogens is 202 g/mol. The smallest absolute Gasteiger partial charge is 0.0724 e. The fourth-order valence-corrected chi connectivity index (χ4v) is 3.17. The van der Waals surface area contributed by atoms with E-state index in [-0.39, 0.29) is 6.10 Å². The van der Waals surface area contributed by atoms with Crippen LogP contribution in [0.5, 0.6) is 0 Å². The average molecular weight is 227 g/mol. The summed E-state index contributed by atoms with van der Waals surface area (Å²) in [6.45, 7) is 4.51. The van der Waals surface area contributed by atoms with Gasteiger partial charge in [0.2, 0.25) is 0 Å². The maximum Gasteiger partial charge on any atom is 0.0724 e. The Morgan fingerprint density at radius 1 is 1.25 bits per heavy atom. The molecule has 0 aromatic rings. The molecule has 3 heteroatoms. The largest absolute Gasteiger partial charge is 0.393 e. The highest BCUT2D eigenvalue weighted by molar-refractivity contribution is 4.86. The van der Waals surface area contributed by atoms with Gasteiger partial charge in [0, 0.05) is 19.7 Å². The lowest BCUT2D eigenvalue weighted by molar-refractivity contribution is -0.0345. The van der Waals surface area contributed by atoms with E-state index < -0.39 is 0 Å². The van der Waals surface area contributed by atoms with Gasteiger partial charge < -0.3 is 9.84 Å². The first-order valence-electron chi connectivity index (χ1n) is 6.65. The molecular formula is C13H25NO2. The molecule has 0 spiro atoms. The molecule has 2 rings (SSSR count). The van der Waals surface area contributed by atoms with E-state index in [0.717, 1.165) is 19.4 Å². The predicted molar refractivity (Wildman–Crippen MR) is 64.4 cm³/mol. The van der Waals surface area contributed by atoms with Crippen LogP contribution in [0.25, 0.3) is 0 Å². The topological polar surface area (TPSA) is 32.7 Å². The molecule has 4 unspecified atom stereocenters. The van der Waals surface area contributed by atoms with Crippen molar-refractivity contribution in [2.75, 3.05) is 20.2 Å². The number of aliphatic hydroxyl groups is 1. The number of hydrogen-bond donors (Lipinski definition) is 1. The summed E-state index contributed by atoms with van der Waals surface area (Å²) in [6, 6.07) is 0.592. The quantitative estimate of drug-likeness (QED) is 0.778. The summed E-state index contributed by atoms with van der Waals surface area (Å²) in [5.74, 6) is 0.676. The minimum atomic E-state index is -0.0703. The second-order valence-corrected chi connectivity index (χ2v) is 5.51. The lowest BCUT2D eigenvalue weighted by Crippen LogP contribution is -2.50. The van der Waals surface area contributed by atoms with Crippen LogP contribution in [-0.2, 0) is 4.74 Å². The Labute approximate surface area is 98.8 Å². The SMILES string of the molecule is COC1CN(C2CCCC(O)C2)CCC1C. The Morgan fingerprint density at radius 2 is 2.06 bits per heavy atom. The number of hydrogen-bond acceptors (Lipinski definition) is 3. The van der Waals surface area contributed by atoms with Crippen molar-refractivity contribution in [1.29, 1.82) is 0 Å². The molecule has 16 heavy (non-hydrogen) atoms. The van der Waals surface area contributed by atoms with Crippen LogP contribution in [0, 0.1) is 5.92 Å². The van der Waals surface area contributed by atoms with Gasteiger partial charge in [-0.2, -0.15) is 0 Å². The first-order valence-corrected chi connectivity index (χ1v) is 6.65. The zero-order valence-electron chi connectivity index (χ0n) is 10.6. The highest BCUT2D eigenvalue weighted by Gasteiger charge is 2.32. The third-order valence-corrected chi connectivity index (χ3v) is 4.36. The van der Waals surface area contributed by atoms with Gasteiger partial charge in [-0.15, -0.1) is 0 Å². The first-order chi connectivity index (χ1) is 7.70. The molecule has 1 saturated carbocycles. The minimum absolute atomic E-state index is 0.0703. The molecule has 0 bridgehead atoms. The molecule has 3 nitrogen and oxygen atoms in total. The van der Waals surface area contributed by atoms with Gasteiger partial charge in [0.15, 0.2) is 0 Å². The molecule has 0 amide bonds. The standard InChI is InChI=1S/C13H25NO2/c1-10-6-7-14(9-13(10)16-2)11-4-3-5-12(15)8-11/h10-13,15H,3-9H2,1-2H3. The van der Waals surface area contributed by atoms with Gasteiger partial charge in [-0.3, -0.25) is 4.90 Å². The molecule has 1 aliphatic carbocycles. The summed E-state index contributed by atoms with van der Waals surface area (Å²) in [5, 5.41) is 9.73. The number of aliphatic hydroxyl groups excluding tert-OH is 1.